The lowest BCUT2D eigenvalue weighted by Gasteiger charge is -2.32. The van der Waals surface area contributed by atoms with Gasteiger partial charge >= 0.3 is 0 Å². The first kappa shape index (κ1) is 15.9. The Balaban J connectivity index is 1.81. The molecule has 1 aliphatic rings. The molecule has 0 bridgehead atoms. The van der Waals surface area contributed by atoms with Gasteiger partial charge in [-0.15, -0.1) is 0 Å². The summed E-state index contributed by atoms with van der Waals surface area (Å²) in [5.74, 6) is 0. The standard InChI is InChI=1S/C13H30N4O/c1-15(2)11-13-18-12-5-14-4-6-17-9-7-16(3)8-10-17/h14H,4-13H2,1-3H3. The largest absolute Gasteiger partial charge is 0.379 e. The topological polar surface area (TPSA) is 31.0 Å². The average Bonchev–Trinajstić information content (AvgIpc) is 2.34. The van der Waals surface area contributed by atoms with Gasteiger partial charge in [-0.1, -0.05) is 0 Å². The van der Waals surface area contributed by atoms with Gasteiger partial charge in [0.25, 0.3) is 0 Å². The Bertz CT molecular complexity index is 193. The fourth-order valence-corrected chi connectivity index (χ4v) is 1.93. The monoisotopic (exact) mass is 258 g/mol. The molecule has 0 amide bonds. The number of nitrogens with one attached hydrogen (secondary N) is 1. The maximum absolute atomic E-state index is 5.53. The molecular weight excluding hydrogens is 228 g/mol. The Labute approximate surface area is 112 Å². The fraction of sp³-hybridized carbons (Fsp3) is 1.00. The summed E-state index contributed by atoms with van der Waals surface area (Å²) in [6.07, 6.45) is 0. The van der Waals surface area contributed by atoms with Crippen LogP contribution in [0.2, 0.25) is 0 Å². The molecule has 0 atom stereocenters. The number of likely N-dealkylation sites (N-methyl/N-ethyl adjacent to an activating group) is 2. The summed E-state index contributed by atoms with van der Waals surface area (Å²) >= 11 is 0. The summed E-state index contributed by atoms with van der Waals surface area (Å²) in [6, 6.07) is 0. The molecule has 5 nitrogen and oxygen atoms in total. The van der Waals surface area contributed by atoms with Crippen molar-refractivity contribution in [3.63, 3.8) is 0 Å². The molecule has 0 spiro atoms. The molecule has 18 heavy (non-hydrogen) atoms. The maximum Gasteiger partial charge on any atom is 0.0593 e. The van der Waals surface area contributed by atoms with E-state index in [1.807, 2.05) is 0 Å². The number of piperazine rings is 1. The molecule has 0 radical (unpaired) electrons. The molecule has 1 aliphatic heterocycles. The zero-order valence-electron chi connectivity index (χ0n) is 12.3. The minimum atomic E-state index is 0.816. The lowest BCUT2D eigenvalue weighted by Crippen LogP contribution is -2.46. The molecule has 0 unspecified atom stereocenters. The van der Waals surface area contributed by atoms with Crippen molar-refractivity contribution in [2.45, 2.75) is 0 Å². The first-order valence-electron chi connectivity index (χ1n) is 7.02. The summed E-state index contributed by atoms with van der Waals surface area (Å²) < 4.78 is 5.53. The predicted molar refractivity (Wildman–Crippen MR) is 76.2 cm³/mol. The van der Waals surface area contributed by atoms with E-state index in [4.69, 9.17) is 4.74 Å². The van der Waals surface area contributed by atoms with Crippen LogP contribution in [0.3, 0.4) is 0 Å². The molecule has 0 aromatic heterocycles. The van der Waals surface area contributed by atoms with Crippen molar-refractivity contribution in [3.8, 4) is 0 Å². The van der Waals surface area contributed by atoms with Crippen LogP contribution in [0.1, 0.15) is 0 Å². The summed E-state index contributed by atoms with van der Waals surface area (Å²) in [7, 11) is 6.33. The highest BCUT2D eigenvalue weighted by Crippen LogP contribution is 1.97. The number of rotatable bonds is 9. The molecule has 5 heteroatoms. The van der Waals surface area contributed by atoms with E-state index in [0.29, 0.717) is 0 Å². The molecule has 0 aromatic carbocycles. The molecule has 0 aromatic rings. The molecule has 1 rings (SSSR count). The second-order valence-corrected chi connectivity index (χ2v) is 5.31. The van der Waals surface area contributed by atoms with Crippen LogP contribution in [-0.2, 0) is 4.74 Å². The number of hydrogen-bond donors (Lipinski definition) is 1. The lowest BCUT2D eigenvalue weighted by atomic mass is 10.3. The third-order valence-corrected chi connectivity index (χ3v) is 3.31. The van der Waals surface area contributed by atoms with E-state index in [1.165, 1.54) is 26.2 Å². The minimum Gasteiger partial charge on any atom is -0.379 e. The van der Waals surface area contributed by atoms with Crippen LogP contribution < -0.4 is 5.32 Å². The van der Waals surface area contributed by atoms with Gasteiger partial charge < -0.3 is 19.9 Å². The van der Waals surface area contributed by atoms with Crippen molar-refractivity contribution in [2.75, 3.05) is 86.7 Å². The molecule has 0 saturated carbocycles. The molecule has 1 saturated heterocycles. The van der Waals surface area contributed by atoms with Crippen molar-refractivity contribution < 1.29 is 4.74 Å². The van der Waals surface area contributed by atoms with Gasteiger partial charge in [-0.3, -0.25) is 4.90 Å². The van der Waals surface area contributed by atoms with Crippen molar-refractivity contribution in [3.05, 3.63) is 0 Å². The van der Waals surface area contributed by atoms with Crippen LogP contribution in [0.25, 0.3) is 0 Å². The van der Waals surface area contributed by atoms with Gasteiger partial charge in [0.2, 0.25) is 0 Å². The normalized spacial score (nSPS) is 18.7. The van der Waals surface area contributed by atoms with Gasteiger partial charge in [0.15, 0.2) is 0 Å². The quantitative estimate of drug-likeness (QED) is 0.558. The van der Waals surface area contributed by atoms with Gasteiger partial charge in [-0.25, -0.2) is 0 Å². The summed E-state index contributed by atoms with van der Waals surface area (Å²) in [5, 5.41) is 3.44. The highest BCUT2D eigenvalue weighted by Gasteiger charge is 2.12. The first-order valence-corrected chi connectivity index (χ1v) is 7.02. The Morgan fingerprint density at radius 2 is 1.78 bits per heavy atom. The Kier molecular flexibility index (Phi) is 8.54. The van der Waals surface area contributed by atoms with Crippen molar-refractivity contribution in [1.29, 1.82) is 0 Å². The highest BCUT2D eigenvalue weighted by molar-refractivity contribution is 4.69. The van der Waals surface area contributed by atoms with Crippen molar-refractivity contribution in [1.82, 2.24) is 20.0 Å². The highest BCUT2D eigenvalue weighted by atomic mass is 16.5. The third kappa shape index (κ3) is 8.00. The van der Waals surface area contributed by atoms with Crippen LogP contribution in [0.15, 0.2) is 0 Å². The van der Waals surface area contributed by atoms with Crippen LogP contribution in [0, 0.1) is 0 Å². The smallest absolute Gasteiger partial charge is 0.0593 e. The Morgan fingerprint density at radius 3 is 2.44 bits per heavy atom. The zero-order chi connectivity index (χ0) is 13.2. The molecule has 0 aliphatic carbocycles. The van der Waals surface area contributed by atoms with E-state index in [2.05, 4.69) is 41.2 Å². The summed E-state index contributed by atoms with van der Waals surface area (Å²) in [4.78, 5) is 7.06. The third-order valence-electron chi connectivity index (χ3n) is 3.31. The first-order chi connectivity index (χ1) is 8.68. The van der Waals surface area contributed by atoms with Crippen LogP contribution in [0.4, 0.5) is 0 Å². The Morgan fingerprint density at radius 1 is 1.06 bits per heavy atom. The van der Waals surface area contributed by atoms with E-state index >= 15 is 0 Å². The van der Waals surface area contributed by atoms with Crippen LogP contribution >= 0.6 is 0 Å². The van der Waals surface area contributed by atoms with Gasteiger partial charge in [-0.05, 0) is 21.1 Å². The van der Waals surface area contributed by atoms with Gasteiger partial charge in [0, 0.05) is 52.4 Å². The van der Waals surface area contributed by atoms with E-state index < -0.39 is 0 Å². The fourth-order valence-electron chi connectivity index (χ4n) is 1.93. The summed E-state index contributed by atoms with van der Waals surface area (Å²) in [6.45, 7) is 10.6. The predicted octanol–water partition coefficient (Wildman–Crippen LogP) is -0.598. The SMILES string of the molecule is CN(C)CCOCCNCCN1CCN(C)CC1. The number of hydrogen-bond acceptors (Lipinski definition) is 5. The van der Waals surface area contributed by atoms with Crippen LogP contribution in [-0.4, -0.2) is 101 Å². The van der Waals surface area contributed by atoms with Gasteiger partial charge in [0.05, 0.1) is 13.2 Å². The maximum atomic E-state index is 5.53. The second kappa shape index (κ2) is 9.69. The molecule has 1 fully saturated rings. The number of ether oxygens (including phenoxy) is 1. The zero-order valence-corrected chi connectivity index (χ0v) is 12.3. The molecular formula is C13H30N4O. The minimum absolute atomic E-state index is 0.816. The van der Waals surface area contributed by atoms with Gasteiger partial charge in [0.1, 0.15) is 0 Å². The lowest BCUT2D eigenvalue weighted by molar-refractivity contribution is 0.117. The van der Waals surface area contributed by atoms with Crippen molar-refractivity contribution >= 4 is 0 Å². The van der Waals surface area contributed by atoms with Gasteiger partial charge in [-0.2, -0.15) is 0 Å². The summed E-state index contributed by atoms with van der Waals surface area (Å²) in [5.41, 5.74) is 0. The average molecular weight is 258 g/mol. The molecule has 108 valence electrons. The van der Waals surface area contributed by atoms with E-state index in [9.17, 15) is 0 Å². The molecule has 1 heterocycles. The Hall–Kier alpha value is -0.200. The van der Waals surface area contributed by atoms with Crippen LogP contribution in [0.5, 0.6) is 0 Å². The number of nitrogens with zero attached hydrogens (tertiary/aromatic N) is 3. The van der Waals surface area contributed by atoms with E-state index in [0.717, 1.165) is 39.4 Å². The molecule has 1 N–H and O–H groups in total. The second-order valence-electron chi connectivity index (χ2n) is 5.31. The van der Waals surface area contributed by atoms with E-state index in [-0.39, 0.29) is 0 Å². The van der Waals surface area contributed by atoms with E-state index in [1.54, 1.807) is 0 Å². The van der Waals surface area contributed by atoms with Crippen molar-refractivity contribution in [2.24, 2.45) is 0 Å².